The molecule has 2 atom stereocenters. The fourth-order valence-corrected chi connectivity index (χ4v) is 3.60. The smallest absolute Gasteiger partial charge is 0.294 e. The summed E-state index contributed by atoms with van der Waals surface area (Å²) in [6, 6.07) is 0. The maximum Gasteiger partial charge on any atom is 0.294 e. The van der Waals surface area contributed by atoms with E-state index in [1.165, 1.54) is 5.06 Å². The summed E-state index contributed by atoms with van der Waals surface area (Å²) in [5.74, 6) is 0.837. The van der Waals surface area contributed by atoms with E-state index in [4.69, 9.17) is 9.84 Å². The monoisotopic (exact) mass is 449 g/mol. The predicted molar refractivity (Wildman–Crippen MR) is 112 cm³/mol. The second kappa shape index (κ2) is 10.6. The Morgan fingerprint density at radius 1 is 1.43 bits per heavy atom. The summed E-state index contributed by atoms with van der Waals surface area (Å²) >= 11 is 1.14. The summed E-state index contributed by atoms with van der Waals surface area (Å²) in [6.07, 6.45) is 1.72. The number of ether oxygens (including phenoxy) is 1. The molecule has 0 aliphatic carbocycles. The van der Waals surface area contributed by atoms with Gasteiger partial charge in [0.1, 0.15) is 12.3 Å². The maximum atomic E-state index is 10.2. The molecule has 1 unspecified atom stereocenters. The molecule has 1 fully saturated rings. The first-order valence-electron chi connectivity index (χ1n) is 9.75. The van der Waals surface area contributed by atoms with Crippen LogP contribution in [0.25, 0.3) is 0 Å². The van der Waals surface area contributed by atoms with Crippen molar-refractivity contribution in [3.05, 3.63) is 16.3 Å². The minimum atomic E-state index is -0.898. The highest BCUT2D eigenvalue weighted by Crippen LogP contribution is 2.43. The van der Waals surface area contributed by atoms with Crippen molar-refractivity contribution >= 4 is 11.7 Å². The van der Waals surface area contributed by atoms with Crippen LogP contribution in [0, 0.1) is 16.0 Å². The summed E-state index contributed by atoms with van der Waals surface area (Å²) in [5.41, 5.74) is -0.641. The molecular formula is C18H35N5O6S. The molecule has 0 radical (unpaired) electrons. The molecule has 0 saturated carbocycles. The Labute approximate surface area is 181 Å². The number of hydrogen-bond acceptors (Lipinski definition) is 11. The molecule has 2 rings (SSSR count). The van der Waals surface area contributed by atoms with Crippen LogP contribution < -0.4 is 10.1 Å². The lowest BCUT2D eigenvalue weighted by Gasteiger charge is -2.35. The molecule has 30 heavy (non-hydrogen) atoms. The van der Waals surface area contributed by atoms with Crippen molar-refractivity contribution in [2.75, 3.05) is 19.8 Å². The highest BCUT2D eigenvalue weighted by Gasteiger charge is 2.51. The van der Waals surface area contributed by atoms with Crippen LogP contribution in [0.1, 0.15) is 54.9 Å². The zero-order valence-corrected chi connectivity index (χ0v) is 19.6. The largest absolute Gasteiger partial charge is 0.476 e. The van der Waals surface area contributed by atoms with E-state index in [1.54, 1.807) is 6.20 Å². The average Bonchev–Trinajstić information content (AvgIpc) is 3.18. The van der Waals surface area contributed by atoms with Gasteiger partial charge in [-0.2, -0.15) is 9.44 Å². The van der Waals surface area contributed by atoms with Crippen molar-refractivity contribution < 1.29 is 25.0 Å². The zero-order chi connectivity index (χ0) is 23.2. The van der Waals surface area contributed by atoms with E-state index in [0.29, 0.717) is 12.5 Å². The Balaban J connectivity index is 0.000000314. The molecule has 1 aromatic rings. The quantitative estimate of drug-likeness (QED) is 0.399. The molecule has 0 bridgehead atoms. The standard InChI is InChI=1S/C11H19N3O2S.C7H16N2O4/c1-10(2)5-8(11(3,4)14(10)15)7-16-9-6-12-17-13-9;1-7(2,3)8-4-6(5-10)13-9(11)12/h6,8,15H,5,7H2,1-4H3;6,8,10H,4-5H2,1-3H3/t;6-/m.0/s1. The van der Waals surface area contributed by atoms with Gasteiger partial charge in [-0.15, -0.1) is 14.5 Å². The highest BCUT2D eigenvalue weighted by atomic mass is 32.1. The first-order chi connectivity index (χ1) is 13.7. The second-order valence-electron chi connectivity index (χ2n) is 9.50. The Kier molecular flexibility index (Phi) is 9.36. The van der Waals surface area contributed by atoms with Crippen molar-refractivity contribution in [2.45, 2.75) is 77.6 Å². The van der Waals surface area contributed by atoms with Gasteiger partial charge in [-0.3, -0.25) is 0 Å². The van der Waals surface area contributed by atoms with Crippen LogP contribution in [0.2, 0.25) is 0 Å². The molecule has 2 heterocycles. The number of rotatable bonds is 8. The first kappa shape index (κ1) is 26.4. The van der Waals surface area contributed by atoms with Crippen molar-refractivity contribution in [3.63, 3.8) is 0 Å². The van der Waals surface area contributed by atoms with E-state index in [9.17, 15) is 15.3 Å². The van der Waals surface area contributed by atoms with Crippen molar-refractivity contribution in [1.29, 1.82) is 0 Å². The molecule has 174 valence electrons. The lowest BCUT2D eigenvalue weighted by molar-refractivity contribution is -0.768. The van der Waals surface area contributed by atoms with Crippen LogP contribution in [0.3, 0.4) is 0 Å². The van der Waals surface area contributed by atoms with Gasteiger partial charge in [0.25, 0.3) is 5.09 Å². The van der Waals surface area contributed by atoms with Gasteiger partial charge in [-0.1, -0.05) is 0 Å². The van der Waals surface area contributed by atoms with Gasteiger partial charge in [0.2, 0.25) is 5.88 Å². The lowest BCUT2D eigenvalue weighted by Crippen LogP contribution is -2.48. The molecule has 0 amide bonds. The summed E-state index contributed by atoms with van der Waals surface area (Å²) in [5, 5.41) is 32.3. The van der Waals surface area contributed by atoms with Crippen LogP contribution in [0.5, 0.6) is 5.88 Å². The fraction of sp³-hybridized carbons (Fsp3) is 0.889. The van der Waals surface area contributed by atoms with Crippen molar-refractivity contribution in [1.82, 2.24) is 19.1 Å². The Bertz CT molecular complexity index is 650. The number of aliphatic hydroxyl groups excluding tert-OH is 1. The van der Waals surface area contributed by atoms with E-state index < -0.39 is 11.2 Å². The summed E-state index contributed by atoms with van der Waals surface area (Å²) in [7, 11) is 0. The van der Waals surface area contributed by atoms with Crippen LogP contribution in [-0.4, -0.2) is 71.7 Å². The van der Waals surface area contributed by atoms with Gasteiger partial charge in [-0.05, 0) is 54.9 Å². The first-order valence-corrected chi connectivity index (χ1v) is 10.5. The molecular weight excluding hydrogens is 414 g/mol. The van der Waals surface area contributed by atoms with Crippen LogP contribution in [-0.2, 0) is 4.84 Å². The molecule has 1 saturated heterocycles. The zero-order valence-electron chi connectivity index (χ0n) is 18.8. The SMILES string of the molecule is CC(C)(C)NC[C@@H](CO)O[N+](=O)[O-].CC1(C)CC(COc2cnsn2)C(C)(C)N1O. The van der Waals surface area contributed by atoms with Gasteiger partial charge in [0, 0.05) is 29.1 Å². The molecule has 0 spiro atoms. The molecule has 3 N–H and O–H groups in total. The van der Waals surface area contributed by atoms with E-state index in [0.717, 1.165) is 18.1 Å². The number of nitrogens with zero attached hydrogens (tertiary/aromatic N) is 4. The fourth-order valence-electron chi connectivity index (χ4n) is 3.24. The van der Waals surface area contributed by atoms with E-state index in [1.807, 2.05) is 48.5 Å². The predicted octanol–water partition coefficient (Wildman–Crippen LogP) is 2.13. The molecule has 0 aromatic carbocycles. The minimum Gasteiger partial charge on any atom is -0.476 e. The Morgan fingerprint density at radius 3 is 2.47 bits per heavy atom. The van der Waals surface area contributed by atoms with E-state index in [-0.39, 0.29) is 35.7 Å². The lowest BCUT2D eigenvalue weighted by atomic mass is 9.88. The number of hydrogen-bond donors (Lipinski definition) is 3. The van der Waals surface area contributed by atoms with Gasteiger partial charge in [0.15, 0.2) is 0 Å². The number of aromatic nitrogens is 2. The number of hydroxylamine groups is 2. The van der Waals surface area contributed by atoms with E-state index >= 15 is 0 Å². The summed E-state index contributed by atoms with van der Waals surface area (Å²) < 4.78 is 13.5. The molecule has 1 aliphatic heterocycles. The third-order valence-electron chi connectivity index (χ3n) is 4.94. The van der Waals surface area contributed by atoms with E-state index in [2.05, 4.69) is 18.9 Å². The minimum absolute atomic E-state index is 0.145. The Hall–Kier alpha value is -1.60. The molecule has 1 aliphatic rings. The average molecular weight is 450 g/mol. The normalized spacial score (nSPS) is 21.4. The van der Waals surface area contributed by atoms with Crippen LogP contribution >= 0.6 is 11.7 Å². The molecule has 11 nitrogen and oxygen atoms in total. The van der Waals surface area contributed by atoms with Gasteiger partial charge < -0.3 is 25.2 Å². The maximum absolute atomic E-state index is 10.2. The van der Waals surface area contributed by atoms with Gasteiger partial charge in [-0.25, -0.2) is 0 Å². The van der Waals surface area contributed by atoms with Crippen molar-refractivity contribution in [3.8, 4) is 5.88 Å². The van der Waals surface area contributed by atoms with Gasteiger partial charge >= 0.3 is 0 Å². The van der Waals surface area contributed by atoms with Crippen LogP contribution in [0.15, 0.2) is 6.20 Å². The van der Waals surface area contributed by atoms with Crippen LogP contribution in [0.4, 0.5) is 0 Å². The Morgan fingerprint density at radius 2 is 2.07 bits per heavy atom. The van der Waals surface area contributed by atoms with Gasteiger partial charge in [0.05, 0.1) is 24.9 Å². The molecule has 12 heteroatoms. The summed E-state index contributed by atoms with van der Waals surface area (Å²) in [6.45, 7) is 14.4. The number of aliphatic hydroxyl groups is 1. The third kappa shape index (κ3) is 8.26. The third-order valence-corrected chi connectivity index (χ3v) is 5.40. The summed E-state index contributed by atoms with van der Waals surface area (Å²) in [4.78, 5) is 14.1. The molecule has 1 aromatic heterocycles. The second-order valence-corrected chi connectivity index (χ2v) is 10.1. The topological polar surface area (TPSA) is 143 Å². The highest BCUT2D eigenvalue weighted by molar-refractivity contribution is 6.99. The van der Waals surface area contributed by atoms with Crippen molar-refractivity contribution in [2.24, 2.45) is 5.92 Å². The number of nitrogens with one attached hydrogen (secondary N) is 1.